The Morgan fingerprint density at radius 2 is 1.88 bits per heavy atom. The molecule has 0 saturated carbocycles. The van der Waals surface area contributed by atoms with Crippen LogP contribution in [0, 0.1) is 0 Å². The molecule has 2 aliphatic rings. The largest absolute Gasteiger partial charge is 0.514 e. The van der Waals surface area contributed by atoms with E-state index in [1.807, 2.05) is 48.5 Å². The summed E-state index contributed by atoms with van der Waals surface area (Å²) >= 11 is 1.40. The van der Waals surface area contributed by atoms with Crippen LogP contribution < -0.4 is 14.2 Å². The maximum atomic E-state index is 11.8. The van der Waals surface area contributed by atoms with Crippen LogP contribution in [0.1, 0.15) is 19.8 Å². The molecule has 0 aliphatic carbocycles. The number of carbonyl (C=O) groups excluding carboxylic acids is 1. The molecule has 1 aromatic heterocycles. The van der Waals surface area contributed by atoms with E-state index >= 15 is 0 Å². The molecule has 2 aliphatic heterocycles. The van der Waals surface area contributed by atoms with Gasteiger partial charge in [0.15, 0.2) is 5.06 Å². The highest BCUT2D eigenvalue weighted by Gasteiger charge is 2.25. The van der Waals surface area contributed by atoms with E-state index in [1.165, 1.54) is 24.2 Å². The molecule has 0 N–H and O–H groups in total. The zero-order valence-electron chi connectivity index (χ0n) is 18.0. The molecule has 2 aromatic carbocycles. The minimum Gasteiger partial charge on any atom is -0.492 e. The monoisotopic (exact) mass is 451 g/mol. The standard InChI is InChI=1S/C25H25NO5S/c1-2-28-25(27)31-23-16-20-18-7-3-4-8-21(18)30-22-15-17(9-10-19(22)24(20)32-23)29-14-13-26-11-5-6-12-26/h3-4,7-10,15-16H,2,5-6,11-14H2,1H3. The van der Waals surface area contributed by atoms with Crippen molar-refractivity contribution < 1.29 is 23.7 Å². The summed E-state index contributed by atoms with van der Waals surface area (Å²) in [7, 11) is 0. The summed E-state index contributed by atoms with van der Waals surface area (Å²) in [6, 6.07) is 15.7. The van der Waals surface area contributed by atoms with Gasteiger partial charge in [0, 0.05) is 40.2 Å². The van der Waals surface area contributed by atoms with E-state index in [9.17, 15) is 4.79 Å². The first-order chi connectivity index (χ1) is 15.7. The van der Waals surface area contributed by atoms with E-state index in [-0.39, 0.29) is 6.61 Å². The van der Waals surface area contributed by atoms with Crippen molar-refractivity contribution in [2.75, 3.05) is 32.8 Å². The van der Waals surface area contributed by atoms with E-state index in [4.69, 9.17) is 18.9 Å². The maximum Gasteiger partial charge on any atom is 0.514 e. The topological polar surface area (TPSA) is 57.2 Å². The summed E-state index contributed by atoms with van der Waals surface area (Å²) in [6.07, 6.45) is 1.85. The van der Waals surface area contributed by atoms with Crippen molar-refractivity contribution in [1.29, 1.82) is 0 Å². The van der Waals surface area contributed by atoms with Crippen LogP contribution in [-0.4, -0.2) is 43.9 Å². The Bertz CT molecular complexity index is 1120. The van der Waals surface area contributed by atoms with Gasteiger partial charge in [0.2, 0.25) is 0 Å². The van der Waals surface area contributed by atoms with Gasteiger partial charge in [0.25, 0.3) is 0 Å². The van der Waals surface area contributed by atoms with Crippen molar-refractivity contribution in [3.63, 3.8) is 0 Å². The van der Waals surface area contributed by atoms with Gasteiger partial charge < -0.3 is 18.9 Å². The van der Waals surface area contributed by atoms with Crippen LogP contribution in [0.2, 0.25) is 0 Å². The first-order valence-corrected chi connectivity index (χ1v) is 11.8. The SMILES string of the molecule is CCOC(=O)Oc1cc2c(s1)-c1ccc(OCCN3CCCC3)cc1Oc1ccccc1-2. The van der Waals surface area contributed by atoms with E-state index in [2.05, 4.69) is 4.90 Å². The van der Waals surface area contributed by atoms with E-state index in [0.29, 0.717) is 11.7 Å². The van der Waals surface area contributed by atoms with Crippen molar-refractivity contribution in [3.8, 4) is 43.9 Å². The molecular weight excluding hydrogens is 426 g/mol. The van der Waals surface area contributed by atoms with Crippen LogP contribution in [0.25, 0.3) is 21.6 Å². The summed E-state index contributed by atoms with van der Waals surface area (Å²) < 4.78 is 22.7. The number of thiophene rings is 1. The fraction of sp³-hybridized carbons (Fsp3) is 0.320. The van der Waals surface area contributed by atoms with Gasteiger partial charge in [-0.3, -0.25) is 4.90 Å². The van der Waals surface area contributed by atoms with E-state index < -0.39 is 6.16 Å². The van der Waals surface area contributed by atoms with E-state index in [0.717, 1.165) is 58.5 Å². The second kappa shape index (κ2) is 9.22. The Morgan fingerprint density at radius 1 is 1.03 bits per heavy atom. The molecule has 3 aromatic rings. The van der Waals surface area contributed by atoms with Crippen LogP contribution in [0.5, 0.6) is 22.3 Å². The van der Waals surface area contributed by atoms with Gasteiger partial charge >= 0.3 is 6.16 Å². The number of para-hydroxylation sites is 1. The molecule has 3 heterocycles. The minimum atomic E-state index is -0.699. The maximum absolute atomic E-state index is 11.8. The average molecular weight is 452 g/mol. The molecule has 32 heavy (non-hydrogen) atoms. The Morgan fingerprint density at radius 3 is 2.72 bits per heavy atom. The minimum absolute atomic E-state index is 0.268. The molecule has 0 radical (unpaired) electrons. The van der Waals surface area contributed by atoms with Gasteiger partial charge in [-0.1, -0.05) is 29.5 Å². The van der Waals surface area contributed by atoms with Crippen LogP contribution in [0.4, 0.5) is 4.79 Å². The number of fused-ring (bicyclic) bond motifs is 5. The first kappa shape index (κ1) is 20.8. The van der Waals surface area contributed by atoms with Crippen molar-refractivity contribution in [1.82, 2.24) is 4.90 Å². The van der Waals surface area contributed by atoms with Gasteiger partial charge in [-0.15, -0.1) is 0 Å². The average Bonchev–Trinajstić information content (AvgIpc) is 3.42. The third-order valence-corrected chi connectivity index (χ3v) is 6.67. The predicted molar refractivity (Wildman–Crippen MR) is 124 cm³/mol. The number of hydrogen-bond acceptors (Lipinski definition) is 7. The molecule has 7 heteroatoms. The number of benzene rings is 2. The third-order valence-electron chi connectivity index (χ3n) is 5.63. The van der Waals surface area contributed by atoms with Gasteiger partial charge in [0.05, 0.1) is 6.61 Å². The summed E-state index contributed by atoms with van der Waals surface area (Å²) in [5.41, 5.74) is 2.85. The summed E-state index contributed by atoms with van der Waals surface area (Å²) in [4.78, 5) is 15.3. The predicted octanol–water partition coefficient (Wildman–Crippen LogP) is 6.20. The fourth-order valence-electron chi connectivity index (χ4n) is 4.11. The molecule has 0 atom stereocenters. The molecule has 0 unspecified atom stereocenters. The van der Waals surface area contributed by atoms with Gasteiger partial charge in [-0.05, 0) is 51.1 Å². The first-order valence-electron chi connectivity index (χ1n) is 11.0. The molecule has 6 nitrogen and oxygen atoms in total. The lowest BCUT2D eigenvalue weighted by Crippen LogP contribution is -2.25. The van der Waals surface area contributed by atoms with Crippen LogP contribution in [0.15, 0.2) is 48.5 Å². The molecule has 166 valence electrons. The van der Waals surface area contributed by atoms with Crippen molar-refractivity contribution in [2.24, 2.45) is 0 Å². The number of carbonyl (C=O) groups is 1. The zero-order chi connectivity index (χ0) is 21.9. The molecule has 0 amide bonds. The lowest BCUT2D eigenvalue weighted by atomic mass is 10.0. The quantitative estimate of drug-likeness (QED) is 0.326. The Hall–Kier alpha value is -3.03. The fourth-order valence-corrected chi connectivity index (χ4v) is 5.15. The van der Waals surface area contributed by atoms with Crippen LogP contribution >= 0.6 is 11.3 Å². The lowest BCUT2D eigenvalue weighted by Gasteiger charge is -2.16. The Kier molecular flexibility index (Phi) is 6.01. The van der Waals surface area contributed by atoms with Gasteiger partial charge in [0.1, 0.15) is 23.9 Å². The van der Waals surface area contributed by atoms with Gasteiger partial charge in [-0.25, -0.2) is 4.79 Å². The molecule has 5 rings (SSSR count). The number of ether oxygens (including phenoxy) is 4. The number of hydrogen-bond donors (Lipinski definition) is 0. The highest BCUT2D eigenvalue weighted by molar-refractivity contribution is 7.18. The molecular formula is C25H25NO5S. The molecule has 1 saturated heterocycles. The molecule has 0 bridgehead atoms. The molecule has 0 spiro atoms. The second-order valence-corrected chi connectivity index (χ2v) is 8.76. The normalized spacial score (nSPS) is 14.5. The summed E-state index contributed by atoms with van der Waals surface area (Å²) in [6.45, 7) is 5.92. The highest BCUT2D eigenvalue weighted by atomic mass is 32.1. The smallest absolute Gasteiger partial charge is 0.492 e. The van der Waals surface area contributed by atoms with Crippen LogP contribution in [0.3, 0.4) is 0 Å². The summed E-state index contributed by atoms with van der Waals surface area (Å²) in [5, 5.41) is 0.488. The van der Waals surface area contributed by atoms with E-state index in [1.54, 1.807) is 6.92 Å². The Balaban J connectivity index is 1.44. The summed E-state index contributed by atoms with van der Waals surface area (Å²) in [5.74, 6) is 2.25. The Labute approximate surface area is 191 Å². The van der Waals surface area contributed by atoms with Crippen molar-refractivity contribution >= 4 is 17.5 Å². The highest BCUT2D eigenvalue weighted by Crippen LogP contribution is 2.52. The number of likely N-dealkylation sites (tertiary alicyclic amines) is 1. The zero-order valence-corrected chi connectivity index (χ0v) is 18.8. The van der Waals surface area contributed by atoms with Crippen molar-refractivity contribution in [2.45, 2.75) is 19.8 Å². The number of nitrogens with zero attached hydrogens (tertiary/aromatic N) is 1. The van der Waals surface area contributed by atoms with Crippen molar-refractivity contribution in [3.05, 3.63) is 48.5 Å². The van der Waals surface area contributed by atoms with Crippen LogP contribution in [-0.2, 0) is 4.74 Å². The van der Waals surface area contributed by atoms with Gasteiger partial charge in [-0.2, -0.15) is 0 Å². The molecule has 1 fully saturated rings. The lowest BCUT2D eigenvalue weighted by molar-refractivity contribution is 0.105. The third kappa shape index (κ3) is 4.31. The number of rotatable bonds is 6. The second-order valence-electron chi connectivity index (χ2n) is 7.75.